The summed E-state index contributed by atoms with van der Waals surface area (Å²) < 4.78 is 38.0. The minimum absolute atomic E-state index is 0.0697. The minimum atomic E-state index is -4.00. The Morgan fingerprint density at radius 2 is 1.78 bits per heavy atom. The van der Waals surface area contributed by atoms with E-state index in [9.17, 15) is 13.2 Å². The molecule has 0 radical (unpaired) electrons. The average Bonchev–Trinajstić information content (AvgIpc) is 2.37. The number of alkyl halides is 3. The van der Waals surface area contributed by atoms with Gasteiger partial charge in [-0.2, -0.15) is 13.2 Å². The summed E-state index contributed by atoms with van der Waals surface area (Å²) in [6.45, 7) is 2.97. The first-order chi connectivity index (χ1) is 8.55. The van der Waals surface area contributed by atoms with Crippen LogP contribution >= 0.6 is 0 Å². The SMILES string of the molecule is FC(F)(F)C1CCCC(NCC2CCNCC2)C1. The summed E-state index contributed by atoms with van der Waals surface area (Å²) in [5, 5.41) is 6.67. The molecule has 0 amide bonds. The van der Waals surface area contributed by atoms with Crippen LogP contribution in [-0.2, 0) is 0 Å². The minimum Gasteiger partial charge on any atom is -0.317 e. The predicted octanol–water partition coefficient (Wildman–Crippen LogP) is 2.70. The van der Waals surface area contributed by atoms with Crippen LogP contribution < -0.4 is 10.6 Å². The molecule has 18 heavy (non-hydrogen) atoms. The van der Waals surface area contributed by atoms with Gasteiger partial charge in [-0.1, -0.05) is 6.42 Å². The van der Waals surface area contributed by atoms with Crippen molar-refractivity contribution in [1.29, 1.82) is 0 Å². The van der Waals surface area contributed by atoms with Gasteiger partial charge in [0.1, 0.15) is 0 Å². The summed E-state index contributed by atoms with van der Waals surface area (Å²) in [5.74, 6) is -0.450. The van der Waals surface area contributed by atoms with Crippen LogP contribution in [0.5, 0.6) is 0 Å². The fraction of sp³-hybridized carbons (Fsp3) is 1.00. The third-order valence-corrected chi connectivity index (χ3v) is 4.29. The molecule has 1 aliphatic heterocycles. The van der Waals surface area contributed by atoms with Crippen molar-refractivity contribution in [2.24, 2.45) is 11.8 Å². The molecule has 0 aromatic heterocycles. The first-order valence-electron chi connectivity index (χ1n) is 7.06. The Morgan fingerprint density at radius 3 is 2.44 bits per heavy atom. The predicted molar refractivity (Wildman–Crippen MR) is 65.4 cm³/mol. The second-order valence-corrected chi connectivity index (χ2v) is 5.70. The molecule has 0 bridgehead atoms. The lowest BCUT2D eigenvalue weighted by Gasteiger charge is -2.32. The summed E-state index contributed by atoms with van der Waals surface area (Å²) in [4.78, 5) is 0. The molecule has 1 heterocycles. The first-order valence-corrected chi connectivity index (χ1v) is 7.06. The van der Waals surface area contributed by atoms with E-state index in [4.69, 9.17) is 0 Å². The number of halogens is 3. The lowest BCUT2D eigenvalue weighted by atomic mass is 9.85. The summed E-state index contributed by atoms with van der Waals surface area (Å²) in [7, 11) is 0. The van der Waals surface area contributed by atoms with Gasteiger partial charge in [-0.05, 0) is 57.7 Å². The van der Waals surface area contributed by atoms with E-state index in [1.807, 2.05) is 0 Å². The van der Waals surface area contributed by atoms with Gasteiger partial charge < -0.3 is 10.6 Å². The third-order valence-electron chi connectivity index (χ3n) is 4.29. The third kappa shape index (κ3) is 4.12. The average molecular weight is 264 g/mol. The Hall–Kier alpha value is -0.290. The van der Waals surface area contributed by atoms with Gasteiger partial charge in [0.05, 0.1) is 5.92 Å². The highest BCUT2D eigenvalue weighted by Gasteiger charge is 2.42. The summed E-state index contributed by atoms with van der Waals surface area (Å²) in [6.07, 6.45) is 0.467. The van der Waals surface area contributed by atoms with Crippen molar-refractivity contribution >= 4 is 0 Å². The number of rotatable bonds is 3. The monoisotopic (exact) mass is 264 g/mol. The molecular formula is C13H23F3N2. The Balaban J connectivity index is 1.72. The quantitative estimate of drug-likeness (QED) is 0.819. The number of hydrogen-bond donors (Lipinski definition) is 2. The Morgan fingerprint density at radius 1 is 1.06 bits per heavy atom. The summed E-state index contributed by atoms with van der Waals surface area (Å²) in [5.41, 5.74) is 0. The maximum atomic E-state index is 12.7. The molecule has 2 atom stereocenters. The molecule has 1 saturated heterocycles. The van der Waals surface area contributed by atoms with E-state index in [1.165, 1.54) is 0 Å². The highest BCUT2D eigenvalue weighted by molar-refractivity contribution is 4.83. The molecule has 2 rings (SSSR count). The maximum absolute atomic E-state index is 12.7. The fourth-order valence-electron chi connectivity index (χ4n) is 3.09. The smallest absolute Gasteiger partial charge is 0.317 e. The lowest BCUT2D eigenvalue weighted by molar-refractivity contribution is -0.183. The first kappa shape index (κ1) is 14.1. The van der Waals surface area contributed by atoms with Crippen molar-refractivity contribution in [3.8, 4) is 0 Å². The zero-order chi connectivity index (χ0) is 13.0. The molecule has 2 fully saturated rings. The molecule has 106 valence electrons. The van der Waals surface area contributed by atoms with Gasteiger partial charge in [-0.25, -0.2) is 0 Å². The van der Waals surface area contributed by atoms with E-state index >= 15 is 0 Å². The molecule has 1 aliphatic carbocycles. The molecule has 2 unspecified atom stereocenters. The van der Waals surface area contributed by atoms with Crippen LogP contribution in [0.15, 0.2) is 0 Å². The number of piperidine rings is 1. The van der Waals surface area contributed by atoms with Gasteiger partial charge in [0, 0.05) is 6.04 Å². The van der Waals surface area contributed by atoms with E-state index in [-0.39, 0.29) is 12.5 Å². The van der Waals surface area contributed by atoms with Gasteiger partial charge in [-0.15, -0.1) is 0 Å². The van der Waals surface area contributed by atoms with Crippen LogP contribution in [0.3, 0.4) is 0 Å². The Labute approximate surface area is 107 Å². The zero-order valence-electron chi connectivity index (χ0n) is 10.7. The van der Waals surface area contributed by atoms with Gasteiger partial charge in [0.15, 0.2) is 0 Å². The normalized spacial score (nSPS) is 31.5. The molecule has 0 spiro atoms. The van der Waals surface area contributed by atoms with E-state index in [1.54, 1.807) is 0 Å². The van der Waals surface area contributed by atoms with Crippen LogP contribution in [0.1, 0.15) is 38.5 Å². The van der Waals surface area contributed by atoms with Gasteiger partial charge in [0.2, 0.25) is 0 Å². The van der Waals surface area contributed by atoms with E-state index in [0.29, 0.717) is 18.8 Å². The van der Waals surface area contributed by atoms with Crippen molar-refractivity contribution in [3.63, 3.8) is 0 Å². The Kier molecular flexibility index (Phi) is 4.90. The van der Waals surface area contributed by atoms with Crippen LogP contribution in [0.4, 0.5) is 13.2 Å². The van der Waals surface area contributed by atoms with Crippen molar-refractivity contribution in [2.45, 2.75) is 50.7 Å². The molecular weight excluding hydrogens is 241 g/mol. The highest BCUT2D eigenvalue weighted by Crippen LogP contribution is 2.37. The molecule has 2 N–H and O–H groups in total. The van der Waals surface area contributed by atoms with E-state index in [2.05, 4.69) is 10.6 Å². The van der Waals surface area contributed by atoms with Gasteiger partial charge in [0.25, 0.3) is 0 Å². The number of nitrogens with one attached hydrogen (secondary N) is 2. The van der Waals surface area contributed by atoms with Crippen LogP contribution in [-0.4, -0.2) is 31.9 Å². The fourth-order valence-corrected chi connectivity index (χ4v) is 3.09. The molecule has 2 nitrogen and oxygen atoms in total. The van der Waals surface area contributed by atoms with Gasteiger partial charge in [-0.3, -0.25) is 0 Å². The Bertz CT molecular complexity index is 249. The molecule has 0 aromatic carbocycles. The molecule has 0 aromatic rings. The largest absolute Gasteiger partial charge is 0.391 e. The summed E-state index contributed by atoms with van der Waals surface area (Å²) in [6, 6.07) is 0.0697. The second-order valence-electron chi connectivity index (χ2n) is 5.70. The van der Waals surface area contributed by atoms with Crippen LogP contribution in [0.25, 0.3) is 0 Å². The molecule has 2 aliphatic rings. The summed E-state index contributed by atoms with van der Waals surface area (Å²) >= 11 is 0. The highest BCUT2D eigenvalue weighted by atomic mass is 19.4. The topological polar surface area (TPSA) is 24.1 Å². The van der Waals surface area contributed by atoms with Crippen molar-refractivity contribution in [3.05, 3.63) is 0 Å². The van der Waals surface area contributed by atoms with Crippen molar-refractivity contribution in [1.82, 2.24) is 10.6 Å². The van der Waals surface area contributed by atoms with E-state index < -0.39 is 12.1 Å². The maximum Gasteiger partial charge on any atom is 0.391 e. The molecule has 5 heteroatoms. The van der Waals surface area contributed by atoms with E-state index in [0.717, 1.165) is 38.9 Å². The number of hydrogen-bond acceptors (Lipinski definition) is 2. The van der Waals surface area contributed by atoms with Crippen LogP contribution in [0, 0.1) is 11.8 Å². The van der Waals surface area contributed by atoms with Crippen molar-refractivity contribution in [2.75, 3.05) is 19.6 Å². The van der Waals surface area contributed by atoms with Crippen molar-refractivity contribution < 1.29 is 13.2 Å². The van der Waals surface area contributed by atoms with Gasteiger partial charge >= 0.3 is 6.18 Å². The lowest BCUT2D eigenvalue weighted by Crippen LogP contribution is -2.42. The molecule has 1 saturated carbocycles. The standard InChI is InChI=1S/C13H23F3N2/c14-13(15,16)11-2-1-3-12(8-11)18-9-10-4-6-17-7-5-10/h10-12,17-18H,1-9H2. The second kappa shape index (κ2) is 6.24. The van der Waals surface area contributed by atoms with Crippen LogP contribution in [0.2, 0.25) is 0 Å². The zero-order valence-corrected chi connectivity index (χ0v) is 10.7.